The summed E-state index contributed by atoms with van der Waals surface area (Å²) in [5.74, 6) is 1.66. The lowest BCUT2D eigenvalue weighted by Gasteiger charge is -2.22. The van der Waals surface area contributed by atoms with E-state index in [1.165, 1.54) is 0 Å². The number of halogens is 1. The molecule has 0 saturated carbocycles. The zero-order chi connectivity index (χ0) is 14.4. The fraction of sp³-hybridized carbons (Fsp3) is 0.600. The molecule has 0 heterocycles. The molecule has 0 bridgehead atoms. The van der Waals surface area contributed by atoms with Crippen molar-refractivity contribution in [3.8, 4) is 5.75 Å². The second-order valence-electron chi connectivity index (χ2n) is 5.06. The van der Waals surface area contributed by atoms with E-state index >= 15 is 0 Å². The number of benzene rings is 1. The average Bonchev–Trinajstić information content (AvgIpc) is 2.37. The molecule has 1 atom stereocenters. The Hall–Kier alpha value is -0.770. The van der Waals surface area contributed by atoms with Crippen LogP contribution in [0.4, 0.5) is 0 Å². The topological polar surface area (TPSA) is 61.3 Å². The molecular formula is C15H25ClN2O. The van der Waals surface area contributed by atoms with Crippen LogP contribution in [0.3, 0.4) is 0 Å². The van der Waals surface area contributed by atoms with Crippen LogP contribution in [0.1, 0.15) is 25.0 Å². The number of ether oxygens (including phenoxy) is 1. The largest absolute Gasteiger partial charge is 0.494 e. The summed E-state index contributed by atoms with van der Waals surface area (Å²) in [4.78, 5) is 0. The van der Waals surface area contributed by atoms with Gasteiger partial charge in [-0.25, -0.2) is 0 Å². The first kappa shape index (κ1) is 16.3. The summed E-state index contributed by atoms with van der Waals surface area (Å²) < 4.78 is 5.70. The molecule has 0 aliphatic heterocycles. The summed E-state index contributed by atoms with van der Waals surface area (Å²) in [6.07, 6.45) is 0.883. The van der Waals surface area contributed by atoms with Crippen LogP contribution in [0.5, 0.6) is 5.75 Å². The predicted molar refractivity (Wildman–Crippen MR) is 81.8 cm³/mol. The van der Waals surface area contributed by atoms with Crippen LogP contribution in [-0.4, -0.2) is 19.7 Å². The summed E-state index contributed by atoms with van der Waals surface area (Å²) in [6, 6.07) is 4.01. The van der Waals surface area contributed by atoms with E-state index in [-0.39, 0.29) is 0 Å². The van der Waals surface area contributed by atoms with Gasteiger partial charge in [0.2, 0.25) is 0 Å². The molecule has 19 heavy (non-hydrogen) atoms. The highest BCUT2D eigenvalue weighted by atomic mass is 35.5. The van der Waals surface area contributed by atoms with Gasteiger partial charge in [0.1, 0.15) is 5.75 Å². The fourth-order valence-corrected chi connectivity index (χ4v) is 2.41. The molecule has 0 fully saturated rings. The number of rotatable bonds is 7. The third-order valence-corrected chi connectivity index (χ3v) is 4.00. The Balaban J connectivity index is 2.95. The van der Waals surface area contributed by atoms with E-state index in [0.717, 1.165) is 28.3 Å². The molecule has 1 unspecified atom stereocenters. The van der Waals surface area contributed by atoms with Crippen LogP contribution in [0.2, 0.25) is 5.02 Å². The number of hydrogen-bond acceptors (Lipinski definition) is 3. The van der Waals surface area contributed by atoms with Gasteiger partial charge in [-0.05, 0) is 68.5 Å². The molecule has 1 aromatic carbocycles. The number of aryl methyl sites for hydroxylation is 1. The van der Waals surface area contributed by atoms with Crippen LogP contribution < -0.4 is 16.2 Å². The maximum atomic E-state index is 6.21. The molecule has 0 saturated heterocycles. The third-order valence-electron chi connectivity index (χ3n) is 3.59. The van der Waals surface area contributed by atoms with Crippen molar-refractivity contribution in [2.24, 2.45) is 23.3 Å². The molecule has 1 aromatic rings. The summed E-state index contributed by atoms with van der Waals surface area (Å²) in [5.41, 5.74) is 13.7. The molecular weight excluding hydrogens is 260 g/mol. The first-order valence-corrected chi connectivity index (χ1v) is 7.23. The Morgan fingerprint density at radius 1 is 1.26 bits per heavy atom. The standard InChI is InChI=1S/C15H25ClN2O/c1-4-19-15-6-11(3)14(16)7-12(15)5-10(2)13(8-17)9-18/h6-7,10,13H,4-5,8-9,17-18H2,1-3H3. The second kappa shape index (κ2) is 7.73. The van der Waals surface area contributed by atoms with Gasteiger partial charge in [-0.3, -0.25) is 0 Å². The molecule has 0 aromatic heterocycles. The van der Waals surface area contributed by atoms with Crippen LogP contribution in [0.15, 0.2) is 12.1 Å². The molecule has 0 aliphatic rings. The van der Waals surface area contributed by atoms with Crippen LogP contribution in [0.25, 0.3) is 0 Å². The Labute approximate surface area is 121 Å². The lowest BCUT2D eigenvalue weighted by molar-refractivity contribution is 0.326. The monoisotopic (exact) mass is 284 g/mol. The van der Waals surface area contributed by atoms with E-state index in [2.05, 4.69) is 6.92 Å². The predicted octanol–water partition coefficient (Wildman–Crippen LogP) is 2.76. The summed E-state index contributed by atoms with van der Waals surface area (Å²) in [6.45, 7) is 8.02. The SMILES string of the molecule is CCOc1cc(C)c(Cl)cc1CC(C)C(CN)CN. The molecule has 108 valence electrons. The smallest absolute Gasteiger partial charge is 0.122 e. The van der Waals surface area contributed by atoms with Crippen molar-refractivity contribution in [1.29, 1.82) is 0 Å². The lowest BCUT2D eigenvalue weighted by Crippen LogP contribution is -2.30. The Kier molecular flexibility index (Phi) is 6.63. The van der Waals surface area contributed by atoms with Gasteiger partial charge in [-0.1, -0.05) is 18.5 Å². The van der Waals surface area contributed by atoms with Crippen LogP contribution in [-0.2, 0) is 6.42 Å². The van der Waals surface area contributed by atoms with Gasteiger partial charge in [0, 0.05) is 5.02 Å². The minimum atomic E-state index is 0.328. The van der Waals surface area contributed by atoms with Gasteiger partial charge in [0.25, 0.3) is 0 Å². The van der Waals surface area contributed by atoms with E-state index < -0.39 is 0 Å². The normalized spacial score (nSPS) is 12.8. The van der Waals surface area contributed by atoms with Gasteiger partial charge in [-0.2, -0.15) is 0 Å². The summed E-state index contributed by atoms with van der Waals surface area (Å²) in [5, 5.41) is 0.780. The van der Waals surface area contributed by atoms with E-state index in [9.17, 15) is 0 Å². The van der Waals surface area contributed by atoms with Gasteiger partial charge in [0.15, 0.2) is 0 Å². The minimum absolute atomic E-state index is 0.328. The van der Waals surface area contributed by atoms with E-state index in [1.807, 2.05) is 26.0 Å². The van der Waals surface area contributed by atoms with Crippen molar-refractivity contribution in [2.75, 3.05) is 19.7 Å². The first-order chi connectivity index (χ1) is 9.03. The van der Waals surface area contributed by atoms with Crippen molar-refractivity contribution < 1.29 is 4.74 Å². The van der Waals surface area contributed by atoms with Crippen molar-refractivity contribution in [2.45, 2.75) is 27.2 Å². The molecule has 0 spiro atoms. The maximum absolute atomic E-state index is 6.21. The Morgan fingerprint density at radius 3 is 2.42 bits per heavy atom. The molecule has 0 amide bonds. The van der Waals surface area contributed by atoms with Crippen LogP contribution >= 0.6 is 11.6 Å². The second-order valence-corrected chi connectivity index (χ2v) is 5.46. The zero-order valence-corrected chi connectivity index (χ0v) is 12.8. The first-order valence-electron chi connectivity index (χ1n) is 6.85. The van der Waals surface area contributed by atoms with Gasteiger partial charge >= 0.3 is 0 Å². The average molecular weight is 285 g/mol. The van der Waals surface area contributed by atoms with Crippen molar-refractivity contribution >= 4 is 11.6 Å². The number of nitrogens with two attached hydrogens (primary N) is 2. The summed E-state index contributed by atoms with van der Waals surface area (Å²) >= 11 is 6.21. The molecule has 0 aliphatic carbocycles. The third kappa shape index (κ3) is 4.37. The molecule has 4 N–H and O–H groups in total. The minimum Gasteiger partial charge on any atom is -0.494 e. The van der Waals surface area contributed by atoms with Crippen molar-refractivity contribution in [3.63, 3.8) is 0 Å². The molecule has 3 nitrogen and oxygen atoms in total. The quantitative estimate of drug-likeness (QED) is 0.809. The Bertz CT molecular complexity index is 405. The van der Waals surface area contributed by atoms with Gasteiger partial charge in [-0.15, -0.1) is 0 Å². The fourth-order valence-electron chi connectivity index (χ4n) is 2.22. The van der Waals surface area contributed by atoms with Crippen LogP contribution in [0, 0.1) is 18.8 Å². The van der Waals surface area contributed by atoms with E-state index in [4.69, 9.17) is 27.8 Å². The van der Waals surface area contributed by atoms with E-state index in [1.54, 1.807) is 0 Å². The Morgan fingerprint density at radius 2 is 1.89 bits per heavy atom. The highest BCUT2D eigenvalue weighted by Gasteiger charge is 2.17. The highest BCUT2D eigenvalue weighted by molar-refractivity contribution is 6.31. The molecule has 4 heteroatoms. The lowest BCUT2D eigenvalue weighted by atomic mass is 9.88. The van der Waals surface area contributed by atoms with Gasteiger partial charge in [0.05, 0.1) is 6.61 Å². The summed E-state index contributed by atoms with van der Waals surface area (Å²) in [7, 11) is 0. The maximum Gasteiger partial charge on any atom is 0.122 e. The highest BCUT2D eigenvalue weighted by Crippen LogP contribution is 2.30. The zero-order valence-electron chi connectivity index (χ0n) is 12.1. The van der Waals surface area contributed by atoms with Crippen molar-refractivity contribution in [1.82, 2.24) is 0 Å². The molecule has 0 radical (unpaired) electrons. The molecule has 1 rings (SSSR count). The number of hydrogen-bond donors (Lipinski definition) is 2. The van der Waals surface area contributed by atoms with E-state index in [0.29, 0.717) is 31.5 Å². The van der Waals surface area contributed by atoms with Gasteiger partial charge < -0.3 is 16.2 Å². The van der Waals surface area contributed by atoms with Crippen molar-refractivity contribution in [3.05, 3.63) is 28.3 Å².